The maximum Gasteiger partial charge on any atom is 0.123 e. The molecule has 0 aromatic heterocycles. The summed E-state index contributed by atoms with van der Waals surface area (Å²) in [5.41, 5.74) is 2.56. The zero-order valence-electron chi connectivity index (χ0n) is 7.73. The van der Waals surface area contributed by atoms with Crippen molar-refractivity contribution >= 4 is 0 Å². The van der Waals surface area contributed by atoms with Crippen LogP contribution in [0.5, 0.6) is 5.75 Å². The lowest BCUT2D eigenvalue weighted by atomic mass is 9.88. The molecule has 0 saturated heterocycles. The smallest absolute Gasteiger partial charge is 0.123 e. The second-order valence-corrected chi connectivity index (χ2v) is 3.55. The van der Waals surface area contributed by atoms with Gasteiger partial charge >= 0.3 is 0 Å². The van der Waals surface area contributed by atoms with Crippen LogP contribution in [0, 0.1) is 0 Å². The summed E-state index contributed by atoms with van der Waals surface area (Å²) in [6.45, 7) is 0.693. The summed E-state index contributed by atoms with van der Waals surface area (Å²) in [6, 6.07) is 8.23. The molecule has 0 fully saturated rings. The van der Waals surface area contributed by atoms with Crippen LogP contribution in [0.4, 0.5) is 0 Å². The average Bonchev–Trinajstić information content (AvgIpc) is 2.29. The molecule has 70 valence electrons. The second kappa shape index (κ2) is 2.91. The van der Waals surface area contributed by atoms with Crippen molar-refractivity contribution in [2.75, 3.05) is 6.61 Å². The molecule has 3 rings (SSSR count). The van der Waals surface area contributed by atoms with Crippen molar-refractivity contribution in [2.45, 2.75) is 5.92 Å². The number of allylic oxidation sites excluding steroid dienone is 1. The third-order valence-electron chi connectivity index (χ3n) is 2.70. The van der Waals surface area contributed by atoms with Gasteiger partial charge < -0.3 is 10.1 Å². The molecule has 0 bridgehead atoms. The first-order valence-electron chi connectivity index (χ1n) is 4.78. The molecule has 1 atom stereocenters. The maximum atomic E-state index is 5.65. The van der Waals surface area contributed by atoms with Crippen LogP contribution < -0.4 is 10.1 Å². The number of para-hydroxylation sites is 1. The highest BCUT2D eigenvalue weighted by atomic mass is 16.5. The standard InChI is InChI=1S/C12H11NO/c1-2-4-12-11(3-1)10-5-6-13-7-9(10)8-14-12/h1-7,10,13H,8H2. The number of nitrogens with one attached hydrogen (secondary N) is 1. The molecule has 0 radical (unpaired) electrons. The summed E-state index contributed by atoms with van der Waals surface area (Å²) in [7, 11) is 0. The molecule has 2 heteroatoms. The van der Waals surface area contributed by atoms with Crippen LogP contribution in [-0.2, 0) is 0 Å². The minimum absolute atomic E-state index is 0.404. The van der Waals surface area contributed by atoms with Crippen LogP contribution in [0.25, 0.3) is 0 Å². The fourth-order valence-electron chi connectivity index (χ4n) is 1.99. The Morgan fingerprint density at radius 3 is 3.21 bits per heavy atom. The highest BCUT2D eigenvalue weighted by Crippen LogP contribution is 2.37. The first-order valence-corrected chi connectivity index (χ1v) is 4.78. The zero-order valence-corrected chi connectivity index (χ0v) is 7.73. The van der Waals surface area contributed by atoms with Crippen molar-refractivity contribution in [3.05, 3.63) is 53.9 Å². The van der Waals surface area contributed by atoms with Crippen LogP contribution in [0.15, 0.2) is 48.3 Å². The van der Waals surface area contributed by atoms with Crippen molar-refractivity contribution in [1.29, 1.82) is 0 Å². The van der Waals surface area contributed by atoms with Crippen LogP contribution in [0.3, 0.4) is 0 Å². The van der Waals surface area contributed by atoms with Gasteiger partial charge in [0.25, 0.3) is 0 Å². The summed E-state index contributed by atoms with van der Waals surface area (Å²) in [5, 5.41) is 3.09. The van der Waals surface area contributed by atoms with E-state index in [1.54, 1.807) is 0 Å². The third kappa shape index (κ3) is 1.04. The SMILES string of the molecule is C1=CC2C(=CN1)COc1ccccc12. The Hall–Kier alpha value is -1.70. The Morgan fingerprint density at radius 2 is 2.21 bits per heavy atom. The van der Waals surface area contributed by atoms with Crippen LogP contribution in [0.1, 0.15) is 11.5 Å². The molecule has 0 aliphatic carbocycles. The normalized spacial score (nSPS) is 22.6. The van der Waals surface area contributed by atoms with Crippen molar-refractivity contribution in [1.82, 2.24) is 5.32 Å². The lowest BCUT2D eigenvalue weighted by Gasteiger charge is -2.28. The molecule has 0 saturated carbocycles. The molecule has 2 aliphatic heterocycles. The third-order valence-corrected chi connectivity index (χ3v) is 2.70. The summed E-state index contributed by atoms with van der Waals surface area (Å²) in [5.74, 6) is 1.42. The molecular weight excluding hydrogens is 174 g/mol. The van der Waals surface area contributed by atoms with Crippen molar-refractivity contribution in [3.8, 4) is 5.75 Å². The van der Waals surface area contributed by atoms with E-state index in [0.29, 0.717) is 12.5 Å². The molecule has 1 aromatic carbocycles. The van der Waals surface area contributed by atoms with Crippen LogP contribution in [-0.4, -0.2) is 6.61 Å². The largest absolute Gasteiger partial charge is 0.489 e. The number of benzene rings is 1. The highest BCUT2D eigenvalue weighted by Gasteiger charge is 2.24. The number of rotatable bonds is 0. The summed E-state index contributed by atoms with van der Waals surface area (Å²) in [4.78, 5) is 0. The van der Waals surface area contributed by atoms with Gasteiger partial charge in [0.1, 0.15) is 12.4 Å². The molecule has 0 amide bonds. The number of ether oxygens (including phenoxy) is 1. The molecule has 14 heavy (non-hydrogen) atoms. The topological polar surface area (TPSA) is 21.3 Å². The fraction of sp³-hybridized carbons (Fsp3) is 0.167. The highest BCUT2D eigenvalue weighted by molar-refractivity contribution is 5.47. The first kappa shape index (κ1) is 7.68. The number of dihydropyridines is 1. The van der Waals surface area contributed by atoms with Gasteiger partial charge in [0.2, 0.25) is 0 Å². The predicted octanol–water partition coefficient (Wildman–Crippen LogP) is 2.16. The van der Waals surface area contributed by atoms with Gasteiger partial charge in [0.05, 0.1) is 0 Å². The predicted molar refractivity (Wildman–Crippen MR) is 55.0 cm³/mol. The number of hydrogen-bond acceptors (Lipinski definition) is 2. The Balaban J connectivity index is 2.12. The number of fused-ring (bicyclic) bond motifs is 3. The molecule has 2 heterocycles. The Kier molecular flexibility index (Phi) is 1.60. The molecule has 2 nitrogen and oxygen atoms in total. The molecule has 2 aliphatic rings. The fourth-order valence-corrected chi connectivity index (χ4v) is 1.99. The van der Waals surface area contributed by atoms with E-state index in [4.69, 9.17) is 4.74 Å². The van der Waals surface area contributed by atoms with Gasteiger partial charge in [-0.3, -0.25) is 0 Å². The van der Waals surface area contributed by atoms with E-state index in [0.717, 1.165) is 5.75 Å². The molecule has 0 spiro atoms. The Labute approximate surface area is 82.9 Å². The molecule has 1 N–H and O–H groups in total. The van der Waals surface area contributed by atoms with E-state index in [9.17, 15) is 0 Å². The van der Waals surface area contributed by atoms with E-state index in [1.807, 2.05) is 24.5 Å². The molecule has 1 unspecified atom stereocenters. The van der Waals surface area contributed by atoms with Gasteiger partial charge in [-0.2, -0.15) is 0 Å². The summed E-state index contributed by atoms with van der Waals surface area (Å²) in [6.07, 6.45) is 6.19. The summed E-state index contributed by atoms with van der Waals surface area (Å²) < 4.78 is 5.65. The van der Waals surface area contributed by atoms with E-state index < -0.39 is 0 Å². The van der Waals surface area contributed by atoms with Crippen molar-refractivity contribution < 1.29 is 4.74 Å². The number of hydrogen-bond donors (Lipinski definition) is 1. The summed E-state index contributed by atoms with van der Waals surface area (Å²) >= 11 is 0. The van der Waals surface area contributed by atoms with Crippen molar-refractivity contribution in [2.24, 2.45) is 0 Å². The molecule has 1 aromatic rings. The average molecular weight is 185 g/mol. The van der Waals surface area contributed by atoms with Gasteiger partial charge in [-0.15, -0.1) is 0 Å². The minimum atomic E-state index is 0.404. The lowest BCUT2D eigenvalue weighted by molar-refractivity contribution is 0.324. The minimum Gasteiger partial charge on any atom is -0.489 e. The van der Waals surface area contributed by atoms with E-state index >= 15 is 0 Å². The van der Waals surface area contributed by atoms with Gasteiger partial charge in [-0.1, -0.05) is 24.3 Å². The van der Waals surface area contributed by atoms with Gasteiger partial charge in [-0.05, 0) is 17.8 Å². The van der Waals surface area contributed by atoms with E-state index in [2.05, 4.69) is 23.5 Å². The Morgan fingerprint density at radius 1 is 1.29 bits per heavy atom. The van der Waals surface area contributed by atoms with Crippen LogP contribution >= 0.6 is 0 Å². The quantitative estimate of drug-likeness (QED) is 0.668. The first-order chi connectivity index (χ1) is 6.95. The van der Waals surface area contributed by atoms with Crippen LogP contribution in [0.2, 0.25) is 0 Å². The van der Waals surface area contributed by atoms with Gasteiger partial charge in [-0.25, -0.2) is 0 Å². The van der Waals surface area contributed by atoms with E-state index in [-0.39, 0.29) is 0 Å². The molecular formula is C12H11NO. The Bertz CT molecular complexity index is 420. The maximum absolute atomic E-state index is 5.65. The lowest BCUT2D eigenvalue weighted by Crippen LogP contribution is -2.20. The van der Waals surface area contributed by atoms with Gasteiger partial charge in [0, 0.05) is 17.7 Å². The second-order valence-electron chi connectivity index (χ2n) is 3.55. The van der Waals surface area contributed by atoms with Crippen molar-refractivity contribution in [3.63, 3.8) is 0 Å². The van der Waals surface area contributed by atoms with E-state index in [1.165, 1.54) is 11.1 Å². The monoisotopic (exact) mass is 185 g/mol. The van der Waals surface area contributed by atoms with Gasteiger partial charge in [0.15, 0.2) is 0 Å². The zero-order chi connectivity index (χ0) is 9.38.